The predicted molar refractivity (Wildman–Crippen MR) is 79.5 cm³/mol. The van der Waals surface area contributed by atoms with Crippen LogP contribution in [0.15, 0.2) is 36.4 Å². The molecule has 0 saturated carbocycles. The molecule has 0 heterocycles. The van der Waals surface area contributed by atoms with E-state index in [0.29, 0.717) is 16.7 Å². The Kier molecular flexibility index (Phi) is 4.35. The van der Waals surface area contributed by atoms with Gasteiger partial charge in [-0.15, -0.1) is 0 Å². The molecule has 110 valence electrons. The standard InChI is InChI=1S/C15H14ClNO4/c16-12-5-8(6-13(17)15(20)21)4-11(14(12)19)9-2-1-3-10(18)7-9/h1-5,7,13,18-19H,6,17H2,(H,20,21). The van der Waals surface area contributed by atoms with Gasteiger partial charge in [0.15, 0.2) is 0 Å². The van der Waals surface area contributed by atoms with Crippen molar-refractivity contribution in [3.05, 3.63) is 47.0 Å². The Morgan fingerprint density at radius 3 is 2.57 bits per heavy atom. The van der Waals surface area contributed by atoms with Gasteiger partial charge in [-0.1, -0.05) is 23.7 Å². The van der Waals surface area contributed by atoms with Gasteiger partial charge in [0, 0.05) is 5.56 Å². The first kappa shape index (κ1) is 15.2. The number of carboxylic acids is 1. The summed E-state index contributed by atoms with van der Waals surface area (Å²) < 4.78 is 0. The van der Waals surface area contributed by atoms with E-state index in [0.717, 1.165) is 0 Å². The molecule has 0 aliphatic carbocycles. The molecule has 0 aliphatic rings. The first-order valence-electron chi connectivity index (χ1n) is 6.17. The van der Waals surface area contributed by atoms with Crippen molar-refractivity contribution < 1.29 is 20.1 Å². The van der Waals surface area contributed by atoms with E-state index >= 15 is 0 Å². The first-order chi connectivity index (χ1) is 9.88. The van der Waals surface area contributed by atoms with Gasteiger partial charge in [0.25, 0.3) is 0 Å². The molecule has 0 bridgehead atoms. The van der Waals surface area contributed by atoms with Crippen LogP contribution in [0.5, 0.6) is 11.5 Å². The maximum atomic E-state index is 10.8. The third-order valence-electron chi connectivity index (χ3n) is 3.05. The minimum Gasteiger partial charge on any atom is -0.508 e. The molecule has 21 heavy (non-hydrogen) atoms. The molecular weight excluding hydrogens is 294 g/mol. The lowest BCUT2D eigenvalue weighted by Crippen LogP contribution is -2.32. The third kappa shape index (κ3) is 3.45. The van der Waals surface area contributed by atoms with Crippen LogP contribution in [0.25, 0.3) is 11.1 Å². The summed E-state index contributed by atoms with van der Waals surface area (Å²) >= 11 is 5.97. The van der Waals surface area contributed by atoms with Crippen LogP contribution in [0.4, 0.5) is 0 Å². The summed E-state index contributed by atoms with van der Waals surface area (Å²) in [5, 5.41) is 28.5. The summed E-state index contributed by atoms with van der Waals surface area (Å²) in [5.74, 6) is -1.19. The number of aliphatic carboxylic acids is 1. The van der Waals surface area contributed by atoms with E-state index in [-0.39, 0.29) is 22.9 Å². The molecule has 0 radical (unpaired) electrons. The highest BCUT2D eigenvalue weighted by Gasteiger charge is 2.16. The van der Waals surface area contributed by atoms with E-state index in [4.69, 9.17) is 22.4 Å². The quantitative estimate of drug-likeness (QED) is 0.694. The molecule has 1 unspecified atom stereocenters. The summed E-state index contributed by atoms with van der Waals surface area (Å²) in [6.45, 7) is 0. The monoisotopic (exact) mass is 307 g/mol. The Morgan fingerprint density at radius 2 is 1.95 bits per heavy atom. The third-order valence-corrected chi connectivity index (χ3v) is 3.34. The number of halogens is 1. The number of aromatic hydroxyl groups is 2. The van der Waals surface area contributed by atoms with Gasteiger partial charge in [-0.2, -0.15) is 0 Å². The van der Waals surface area contributed by atoms with E-state index in [1.54, 1.807) is 18.2 Å². The molecule has 2 aromatic carbocycles. The summed E-state index contributed by atoms with van der Waals surface area (Å²) in [5.41, 5.74) is 7.07. The lowest BCUT2D eigenvalue weighted by Gasteiger charge is -2.12. The smallest absolute Gasteiger partial charge is 0.320 e. The molecule has 5 nitrogen and oxygen atoms in total. The number of carbonyl (C=O) groups is 1. The highest BCUT2D eigenvalue weighted by Crippen LogP contribution is 2.37. The lowest BCUT2D eigenvalue weighted by molar-refractivity contribution is -0.138. The fourth-order valence-corrected chi connectivity index (χ4v) is 2.25. The second-order valence-corrected chi connectivity index (χ2v) is 5.08. The number of carboxylic acid groups (broad SMARTS) is 1. The largest absolute Gasteiger partial charge is 0.508 e. The fourth-order valence-electron chi connectivity index (χ4n) is 2.01. The molecule has 2 aromatic rings. The Bertz CT molecular complexity index is 687. The molecule has 1 atom stereocenters. The number of benzene rings is 2. The molecule has 5 N–H and O–H groups in total. The topological polar surface area (TPSA) is 104 Å². The lowest BCUT2D eigenvalue weighted by atomic mass is 9.98. The van der Waals surface area contributed by atoms with Crippen molar-refractivity contribution in [2.75, 3.05) is 0 Å². The van der Waals surface area contributed by atoms with Gasteiger partial charge < -0.3 is 21.1 Å². The Labute approximate surface area is 126 Å². The second-order valence-electron chi connectivity index (χ2n) is 4.67. The summed E-state index contributed by atoms with van der Waals surface area (Å²) in [6, 6.07) is 8.35. The van der Waals surface area contributed by atoms with Gasteiger partial charge >= 0.3 is 5.97 Å². The van der Waals surface area contributed by atoms with Crippen LogP contribution in [-0.2, 0) is 11.2 Å². The van der Waals surface area contributed by atoms with Crippen molar-refractivity contribution in [3.8, 4) is 22.6 Å². The van der Waals surface area contributed by atoms with Crippen LogP contribution in [0, 0.1) is 0 Å². The van der Waals surface area contributed by atoms with E-state index in [2.05, 4.69) is 0 Å². The van der Waals surface area contributed by atoms with Crippen LogP contribution < -0.4 is 5.73 Å². The number of hydrogen-bond donors (Lipinski definition) is 4. The van der Waals surface area contributed by atoms with Crippen LogP contribution >= 0.6 is 11.6 Å². The molecule has 0 fully saturated rings. The van der Waals surface area contributed by atoms with Gasteiger partial charge in [-0.05, 0) is 41.8 Å². The Hall–Kier alpha value is -2.24. The molecule has 0 spiro atoms. The molecular formula is C15H14ClNO4. The molecule has 0 saturated heterocycles. The molecule has 0 amide bonds. The minimum atomic E-state index is -1.11. The number of rotatable bonds is 4. The fraction of sp³-hybridized carbons (Fsp3) is 0.133. The van der Waals surface area contributed by atoms with Crippen LogP contribution in [0.1, 0.15) is 5.56 Å². The van der Waals surface area contributed by atoms with E-state index < -0.39 is 12.0 Å². The van der Waals surface area contributed by atoms with Crippen LogP contribution in [0.3, 0.4) is 0 Å². The zero-order valence-corrected chi connectivity index (χ0v) is 11.7. The van der Waals surface area contributed by atoms with Gasteiger partial charge in [0.05, 0.1) is 5.02 Å². The zero-order valence-electron chi connectivity index (χ0n) is 11.0. The number of nitrogens with two attached hydrogens (primary N) is 1. The van der Waals surface area contributed by atoms with Gasteiger partial charge in [0.2, 0.25) is 0 Å². The Morgan fingerprint density at radius 1 is 1.24 bits per heavy atom. The highest BCUT2D eigenvalue weighted by molar-refractivity contribution is 6.32. The first-order valence-corrected chi connectivity index (χ1v) is 6.55. The molecule has 0 aliphatic heterocycles. The Balaban J connectivity index is 2.46. The molecule has 2 rings (SSSR count). The van der Waals surface area contributed by atoms with E-state index in [9.17, 15) is 15.0 Å². The van der Waals surface area contributed by atoms with Gasteiger partial charge in [0.1, 0.15) is 17.5 Å². The van der Waals surface area contributed by atoms with E-state index in [1.807, 2.05) is 0 Å². The van der Waals surface area contributed by atoms with Crippen molar-refractivity contribution in [1.82, 2.24) is 0 Å². The van der Waals surface area contributed by atoms with Crippen molar-refractivity contribution in [3.63, 3.8) is 0 Å². The molecule has 6 heteroatoms. The summed E-state index contributed by atoms with van der Waals surface area (Å²) in [6.07, 6.45) is 0.0845. The van der Waals surface area contributed by atoms with Crippen molar-refractivity contribution >= 4 is 17.6 Å². The minimum absolute atomic E-state index is 0.0515. The number of phenols is 2. The molecule has 0 aromatic heterocycles. The van der Waals surface area contributed by atoms with E-state index in [1.165, 1.54) is 18.2 Å². The average molecular weight is 308 g/mol. The van der Waals surface area contributed by atoms with Crippen molar-refractivity contribution in [2.24, 2.45) is 5.73 Å². The van der Waals surface area contributed by atoms with Crippen LogP contribution in [-0.4, -0.2) is 27.3 Å². The van der Waals surface area contributed by atoms with Crippen molar-refractivity contribution in [2.45, 2.75) is 12.5 Å². The van der Waals surface area contributed by atoms with Gasteiger partial charge in [-0.25, -0.2) is 0 Å². The maximum absolute atomic E-state index is 10.8. The van der Waals surface area contributed by atoms with Crippen LogP contribution in [0.2, 0.25) is 5.02 Å². The highest BCUT2D eigenvalue weighted by atomic mass is 35.5. The predicted octanol–water partition coefficient (Wildman–Crippen LogP) is 2.37. The summed E-state index contributed by atoms with van der Waals surface area (Å²) in [7, 11) is 0. The average Bonchev–Trinajstić information content (AvgIpc) is 2.42. The second kappa shape index (κ2) is 6.03. The normalized spacial score (nSPS) is 12.1. The van der Waals surface area contributed by atoms with Gasteiger partial charge in [-0.3, -0.25) is 4.79 Å². The zero-order chi connectivity index (χ0) is 15.6. The number of hydrogen-bond acceptors (Lipinski definition) is 4. The maximum Gasteiger partial charge on any atom is 0.320 e. The van der Waals surface area contributed by atoms with Crippen molar-refractivity contribution in [1.29, 1.82) is 0 Å². The number of phenolic OH excluding ortho intramolecular Hbond substituents is 2. The summed E-state index contributed by atoms with van der Waals surface area (Å²) in [4.78, 5) is 10.8. The SMILES string of the molecule is NC(Cc1cc(Cl)c(O)c(-c2cccc(O)c2)c1)C(=O)O.